The van der Waals surface area contributed by atoms with E-state index >= 15 is 0 Å². The number of hydrogen-bond acceptors (Lipinski definition) is 6. The first-order valence-electron chi connectivity index (χ1n) is 9.84. The fourth-order valence-electron chi connectivity index (χ4n) is 2.64. The van der Waals surface area contributed by atoms with Gasteiger partial charge in [0.25, 0.3) is 11.8 Å². The van der Waals surface area contributed by atoms with Crippen LogP contribution < -0.4 is 10.1 Å². The highest BCUT2D eigenvalue weighted by Crippen LogP contribution is 2.25. The fourth-order valence-corrected chi connectivity index (χ4v) is 2.64. The highest BCUT2D eigenvalue weighted by molar-refractivity contribution is 5.95. The summed E-state index contributed by atoms with van der Waals surface area (Å²) in [4.78, 5) is 26.2. The lowest BCUT2D eigenvalue weighted by atomic mass is 10.1. The van der Waals surface area contributed by atoms with Crippen molar-refractivity contribution in [3.63, 3.8) is 0 Å². The minimum absolute atomic E-state index is 0.186. The third-order valence-electron chi connectivity index (χ3n) is 4.31. The molecule has 0 radical (unpaired) electrons. The summed E-state index contributed by atoms with van der Waals surface area (Å²) in [6.07, 6.45) is 4.98. The molecular weight excluding hydrogens is 386 g/mol. The molecule has 0 aliphatic rings. The van der Waals surface area contributed by atoms with E-state index in [2.05, 4.69) is 22.2 Å². The Labute approximate surface area is 176 Å². The maximum atomic E-state index is 12.5. The third-order valence-corrected chi connectivity index (χ3v) is 4.31. The lowest BCUT2D eigenvalue weighted by Gasteiger charge is -2.14. The highest BCUT2D eigenvalue weighted by Gasteiger charge is 2.18. The van der Waals surface area contributed by atoms with Crippen molar-refractivity contribution < 1.29 is 19.1 Å². The van der Waals surface area contributed by atoms with Crippen molar-refractivity contribution in [2.75, 3.05) is 40.5 Å². The van der Waals surface area contributed by atoms with Gasteiger partial charge in [0.05, 0.1) is 19.4 Å². The molecule has 1 aromatic carbocycles. The first kappa shape index (κ1) is 23.1. The summed E-state index contributed by atoms with van der Waals surface area (Å²) < 4.78 is 12.4. The number of rotatable bonds is 12. The molecule has 0 unspecified atom stereocenters. The second-order valence-corrected chi connectivity index (χ2v) is 6.59. The molecule has 0 fully saturated rings. The van der Waals surface area contributed by atoms with Gasteiger partial charge in [-0.25, -0.2) is 4.68 Å². The number of nitrogens with zero attached hydrogens (tertiary/aromatic N) is 4. The zero-order valence-electron chi connectivity index (χ0n) is 17.8. The molecule has 162 valence electrons. The molecule has 0 spiro atoms. The maximum Gasteiger partial charge on any atom is 0.275 e. The van der Waals surface area contributed by atoms with Crippen LogP contribution in [0, 0.1) is 0 Å². The number of allylic oxidation sites excluding steroid dienone is 1. The van der Waals surface area contributed by atoms with E-state index in [1.807, 2.05) is 13.0 Å². The molecule has 0 aliphatic carbocycles. The van der Waals surface area contributed by atoms with Gasteiger partial charge in [-0.3, -0.25) is 9.59 Å². The van der Waals surface area contributed by atoms with Crippen LogP contribution in [0.2, 0.25) is 0 Å². The molecule has 9 nitrogen and oxygen atoms in total. The van der Waals surface area contributed by atoms with Crippen LogP contribution in [0.15, 0.2) is 37.1 Å². The Balaban J connectivity index is 2.28. The Kier molecular flexibility index (Phi) is 9.02. The van der Waals surface area contributed by atoms with Gasteiger partial charge in [0, 0.05) is 32.8 Å². The van der Waals surface area contributed by atoms with Crippen LogP contribution in [0.5, 0.6) is 5.75 Å². The number of methoxy groups -OCH3 is 1. The van der Waals surface area contributed by atoms with E-state index in [9.17, 15) is 9.59 Å². The van der Waals surface area contributed by atoms with E-state index in [1.54, 1.807) is 38.6 Å². The van der Waals surface area contributed by atoms with Gasteiger partial charge in [-0.1, -0.05) is 11.3 Å². The normalized spacial score (nSPS) is 10.5. The van der Waals surface area contributed by atoms with Crippen molar-refractivity contribution >= 4 is 11.8 Å². The highest BCUT2D eigenvalue weighted by atomic mass is 16.5. The van der Waals surface area contributed by atoms with E-state index in [-0.39, 0.29) is 17.5 Å². The van der Waals surface area contributed by atoms with Crippen LogP contribution in [0.4, 0.5) is 0 Å². The number of carbonyl (C=O) groups excluding carboxylic acids is 2. The number of aromatic nitrogens is 3. The van der Waals surface area contributed by atoms with Gasteiger partial charge in [-0.05, 0) is 38.0 Å². The molecule has 2 rings (SSSR count). The lowest BCUT2D eigenvalue weighted by Crippen LogP contribution is -2.30. The lowest BCUT2D eigenvalue weighted by molar-refractivity contribution is 0.0738. The molecule has 1 aromatic heterocycles. The molecule has 2 aromatic rings. The first-order chi connectivity index (χ1) is 14.5. The minimum Gasteiger partial charge on any atom is -0.491 e. The van der Waals surface area contributed by atoms with Crippen LogP contribution in [-0.2, 0) is 4.74 Å². The summed E-state index contributed by atoms with van der Waals surface area (Å²) in [6.45, 7) is 7.43. The zero-order chi connectivity index (χ0) is 21.9. The number of amides is 2. The van der Waals surface area contributed by atoms with Crippen LogP contribution in [0.25, 0.3) is 5.69 Å². The zero-order valence-corrected chi connectivity index (χ0v) is 17.8. The van der Waals surface area contributed by atoms with Crippen LogP contribution in [0.3, 0.4) is 0 Å². The number of carbonyl (C=O) groups is 2. The fraction of sp³-hybridized carbons (Fsp3) is 0.429. The smallest absolute Gasteiger partial charge is 0.275 e. The molecular formula is C21H29N5O4. The van der Waals surface area contributed by atoms with Gasteiger partial charge < -0.3 is 19.7 Å². The topological polar surface area (TPSA) is 98.6 Å². The Morgan fingerprint density at radius 3 is 2.83 bits per heavy atom. The van der Waals surface area contributed by atoms with Gasteiger partial charge in [-0.2, -0.15) is 0 Å². The van der Waals surface area contributed by atoms with Gasteiger partial charge in [0.2, 0.25) is 0 Å². The quantitative estimate of drug-likeness (QED) is 0.421. The number of ether oxygens (including phenoxy) is 2. The molecule has 0 atom stereocenters. The second kappa shape index (κ2) is 11.7. The number of unbranched alkanes of at least 4 members (excludes halogenated alkanes) is 1. The minimum atomic E-state index is -0.259. The molecule has 0 saturated carbocycles. The number of nitrogens with one attached hydrogen (secondary N) is 1. The van der Waals surface area contributed by atoms with Crippen molar-refractivity contribution in [2.24, 2.45) is 0 Å². The van der Waals surface area contributed by atoms with Gasteiger partial charge in [-0.15, -0.1) is 11.7 Å². The Morgan fingerprint density at radius 2 is 2.13 bits per heavy atom. The average molecular weight is 415 g/mol. The van der Waals surface area contributed by atoms with Crippen LogP contribution >= 0.6 is 0 Å². The predicted octanol–water partition coefficient (Wildman–Crippen LogP) is 2.08. The largest absolute Gasteiger partial charge is 0.491 e. The SMILES string of the molecule is C=CCCCOc1cc(C(=O)NCC)ccc1-n1cc(C(=O)N(C)CCOC)nn1. The second-order valence-electron chi connectivity index (χ2n) is 6.59. The number of hydrogen-bond donors (Lipinski definition) is 1. The Hall–Kier alpha value is -3.20. The first-order valence-corrected chi connectivity index (χ1v) is 9.84. The molecule has 1 heterocycles. The molecule has 0 saturated heterocycles. The molecule has 0 aliphatic heterocycles. The summed E-state index contributed by atoms with van der Waals surface area (Å²) in [5.41, 5.74) is 1.28. The van der Waals surface area contributed by atoms with Crippen molar-refractivity contribution in [2.45, 2.75) is 19.8 Å². The van der Waals surface area contributed by atoms with Crippen molar-refractivity contribution in [3.05, 3.63) is 48.3 Å². The van der Waals surface area contributed by atoms with E-state index < -0.39 is 0 Å². The summed E-state index contributed by atoms with van der Waals surface area (Å²) in [7, 11) is 3.26. The van der Waals surface area contributed by atoms with Gasteiger partial charge in [0.1, 0.15) is 11.4 Å². The van der Waals surface area contributed by atoms with Gasteiger partial charge >= 0.3 is 0 Å². The van der Waals surface area contributed by atoms with Crippen LogP contribution in [-0.4, -0.2) is 72.2 Å². The number of likely N-dealkylation sites (N-methyl/N-ethyl adjacent to an activating group) is 1. The predicted molar refractivity (Wildman–Crippen MR) is 113 cm³/mol. The summed E-state index contributed by atoms with van der Waals surface area (Å²) in [5.74, 6) is 0.0411. The molecule has 2 amide bonds. The average Bonchev–Trinajstić information content (AvgIpc) is 3.24. The molecule has 0 bridgehead atoms. The van der Waals surface area contributed by atoms with Crippen molar-refractivity contribution in [1.82, 2.24) is 25.2 Å². The summed E-state index contributed by atoms with van der Waals surface area (Å²) >= 11 is 0. The molecule has 1 N–H and O–H groups in total. The summed E-state index contributed by atoms with van der Waals surface area (Å²) in [6, 6.07) is 5.08. The molecule has 9 heteroatoms. The third kappa shape index (κ3) is 6.15. The van der Waals surface area contributed by atoms with E-state index in [0.29, 0.717) is 43.3 Å². The Bertz CT molecular complexity index is 865. The van der Waals surface area contributed by atoms with Crippen molar-refractivity contribution in [1.29, 1.82) is 0 Å². The van der Waals surface area contributed by atoms with Crippen LogP contribution in [0.1, 0.15) is 40.6 Å². The summed E-state index contributed by atoms with van der Waals surface area (Å²) in [5, 5.41) is 10.8. The monoisotopic (exact) mass is 415 g/mol. The maximum absolute atomic E-state index is 12.5. The van der Waals surface area contributed by atoms with Gasteiger partial charge in [0.15, 0.2) is 5.69 Å². The Morgan fingerprint density at radius 1 is 1.33 bits per heavy atom. The van der Waals surface area contributed by atoms with Crippen molar-refractivity contribution in [3.8, 4) is 11.4 Å². The van der Waals surface area contributed by atoms with E-state index in [0.717, 1.165) is 12.8 Å². The van der Waals surface area contributed by atoms with E-state index in [4.69, 9.17) is 9.47 Å². The standard InChI is InChI=1S/C21H29N5O4/c1-5-7-8-12-30-19-14-16(20(27)22-6-2)9-10-18(19)26-15-17(23-24-26)21(28)25(3)11-13-29-4/h5,9-10,14-15H,1,6-8,11-13H2,2-4H3,(H,22,27). The molecule has 30 heavy (non-hydrogen) atoms. The van der Waals surface area contributed by atoms with E-state index in [1.165, 1.54) is 9.58 Å². The number of benzene rings is 1.